The number of halogens is 3. The van der Waals surface area contributed by atoms with Crippen LogP contribution in [-0.2, 0) is 0 Å². The van der Waals surface area contributed by atoms with Gasteiger partial charge in [-0.2, -0.15) is 0 Å². The molecule has 0 fully saturated rings. The number of benzene rings is 2. The van der Waals surface area contributed by atoms with Gasteiger partial charge in [-0.25, -0.2) is 4.39 Å². The van der Waals surface area contributed by atoms with Crippen LogP contribution in [0.4, 0.5) is 4.39 Å². The van der Waals surface area contributed by atoms with Gasteiger partial charge in [0.05, 0.1) is 24.8 Å². The first-order chi connectivity index (χ1) is 9.97. The maximum atomic E-state index is 13.5. The molecule has 0 unspecified atom stereocenters. The van der Waals surface area contributed by atoms with Gasteiger partial charge in [-0.1, -0.05) is 11.6 Å². The minimum absolute atomic E-state index is 0.0349. The second-order valence-electron chi connectivity index (χ2n) is 4.14. The van der Waals surface area contributed by atoms with Crippen LogP contribution >= 0.6 is 27.5 Å². The summed E-state index contributed by atoms with van der Waals surface area (Å²) in [4.78, 5) is 12.5. The molecule has 0 saturated carbocycles. The third kappa shape index (κ3) is 3.19. The van der Waals surface area contributed by atoms with Crippen molar-refractivity contribution in [3.05, 3.63) is 56.8 Å². The van der Waals surface area contributed by atoms with Crippen molar-refractivity contribution in [2.75, 3.05) is 14.2 Å². The number of methoxy groups -OCH3 is 2. The topological polar surface area (TPSA) is 35.5 Å². The molecular formula is C15H11BrClFO3. The fraction of sp³-hybridized carbons (Fsp3) is 0.133. The lowest BCUT2D eigenvalue weighted by Gasteiger charge is -2.12. The quantitative estimate of drug-likeness (QED) is 0.741. The van der Waals surface area contributed by atoms with Gasteiger partial charge >= 0.3 is 0 Å². The Balaban J connectivity index is 2.54. The molecule has 0 atom stereocenters. The number of carbonyl (C=O) groups is 1. The van der Waals surface area contributed by atoms with E-state index in [1.165, 1.54) is 26.4 Å². The molecule has 0 heterocycles. The molecular weight excluding hydrogens is 363 g/mol. The van der Waals surface area contributed by atoms with Crippen molar-refractivity contribution < 1.29 is 18.7 Å². The monoisotopic (exact) mass is 372 g/mol. The minimum Gasteiger partial charge on any atom is -0.497 e. The Labute approximate surface area is 134 Å². The van der Waals surface area contributed by atoms with E-state index in [4.69, 9.17) is 21.1 Å². The number of carbonyl (C=O) groups excluding carboxylic acids is 1. The fourth-order valence-electron chi connectivity index (χ4n) is 1.84. The Hall–Kier alpha value is -1.59. The van der Waals surface area contributed by atoms with Gasteiger partial charge < -0.3 is 9.47 Å². The van der Waals surface area contributed by atoms with Crippen molar-refractivity contribution in [2.24, 2.45) is 0 Å². The zero-order valence-corrected chi connectivity index (χ0v) is 13.6. The molecule has 0 radical (unpaired) electrons. The van der Waals surface area contributed by atoms with Crippen LogP contribution in [0.2, 0.25) is 5.02 Å². The van der Waals surface area contributed by atoms with Gasteiger partial charge in [-0.3, -0.25) is 4.79 Å². The predicted octanol–water partition coefficient (Wildman–Crippen LogP) is 4.49. The van der Waals surface area contributed by atoms with Gasteiger partial charge in [0.15, 0.2) is 5.78 Å². The predicted molar refractivity (Wildman–Crippen MR) is 82.1 cm³/mol. The van der Waals surface area contributed by atoms with Crippen LogP contribution in [0.25, 0.3) is 0 Å². The number of hydrogen-bond acceptors (Lipinski definition) is 3. The molecule has 21 heavy (non-hydrogen) atoms. The molecule has 110 valence electrons. The SMILES string of the molecule is COc1cc(Br)c(C(=O)c2ccc(Cl)c(F)c2)c(OC)c1. The van der Waals surface area contributed by atoms with E-state index < -0.39 is 5.82 Å². The van der Waals surface area contributed by atoms with Gasteiger partial charge in [-0.05, 0) is 40.2 Å². The zero-order chi connectivity index (χ0) is 15.6. The van der Waals surface area contributed by atoms with Gasteiger partial charge in [0.2, 0.25) is 0 Å². The first-order valence-corrected chi connectivity index (χ1v) is 7.06. The molecule has 3 nitrogen and oxygen atoms in total. The van der Waals surface area contributed by atoms with Crippen molar-refractivity contribution in [1.82, 2.24) is 0 Å². The van der Waals surface area contributed by atoms with Crippen molar-refractivity contribution in [3.8, 4) is 11.5 Å². The Bertz CT molecular complexity index is 704. The number of ether oxygens (including phenoxy) is 2. The third-order valence-corrected chi connectivity index (χ3v) is 3.82. The molecule has 0 N–H and O–H groups in total. The van der Waals surface area contributed by atoms with Gasteiger partial charge in [-0.15, -0.1) is 0 Å². The fourth-order valence-corrected chi connectivity index (χ4v) is 2.56. The maximum absolute atomic E-state index is 13.5. The lowest BCUT2D eigenvalue weighted by atomic mass is 10.0. The average molecular weight is 374 g/mol. The third-order valence-electron chi connectivity index (χ3n) is 2.89. The van der Waals surface area contributed by atoms with Crippen molar-refractivity contribution >= 4 is 33.3 Å². The molecule has 0 aliphatic rings. The Morgan fingerprint density at radius 3 is 2.48 bits per heavy atom. The molecule has 0 aliphatic carbocycles. The van der Waals surface area contributed by atoms with Crippen LogP contribution in [0.3, 0.4) is 0 Å². The first kappa shape index (κ1) is 15.8. The van der Waals surface area contributed by atoms with Gasteiger partial charge in [0.1, 0.15) is 17.3 Å². The largest absolute Gasteiger partial charge is 0.497 e. The summed E-state index contributed by atoms with van der Waals surface area (Å²) in [5.74, 6) is -0.151. The molecule has 0 aromatic heterocycles. The molecule has 0 aliphatic heterocycles. The smallest absolute Gasteiger partial charge is 0.198 e. The van der Waals surface area contributed by atoms with E-state index in [0.29, 0.717) is 21.5 Å². The van der Waals surface area contributed by atoms with Crippen LogP contribution in [0.1, 0.15) is 15.9 Å². The Morgan fingerprint density at radius 2 is 1.90 bits per heavy atom. The summed E-state index contributed by atoms with van der Waals surface area (Å²) in [7, 11) is 2.96. The molecule has 2 aromatic carbocycles. The second-order valence-corrected chi connectivity index (χ2v) is 5.41. The van der Waals surface area contributed by atoms with E-state index in [1.54, 1.807) is 12.1 Å². The van der Waals surface area contributed by atoms with E-state index in [2.05, 4.69) is 15.9 Å². The first-order valence-electron chi connectivity index (χ1n) is 5.89. The molecule has 0 saturated heterocycles. The summed E-state index contributed by atoms with van der Waals surface area (Å²) < 4.78 is 24.3. The van der Waals surface area contributed by atoms with E-state index in [1.807, 2.05) is 0 Å². The average Bonchev–Trinajstić information content (AvgIpc) is 2.48. The Kier molecular flexibility index (Phi) is 4.85. The van der Waals surface area contributed by atoms with E-state index in [-0.39, 0.29) is 16.4 Å². The summed E-state index contributed by atoms with van der Waals surface area (Å²) in [6.07, 6.45) is 0. The number of rotatable bonds is 4. The molecule has 2 rings (SSSR count). The highest BCUT2D eigenvalue weighted by Gasteiger charge is 2.20. The van der Waals surface area contributed by atoms with Gasteiger partial charge in [0.25, 0.3) is 0 Å². The normalized spacial score (nSPS) is 10.3. The Morgan fingerprint density at radius 1 is 1.19 bits per heavy atom. The lowest BCUT2D eigenvalue weighted by Crippen LogP contribution is -2.06. The maximum Gasteiger partial charge on any atom is 0.198 e. The zero-order valence-electron chi connectivity index (χ0n) is 11.2. The van der Waals surface area contributed by atoms with Crippen LogP contribution in [-0.4, -0.2) is 20.0 Å². The highest BCUT2D eigenvalue weighted by Crippen LogP contribution is 2.34. The summed E-state index contributed by atoms with van der Waals surface area (Å²) in [5, 5.41) is -0.0349. The highest BCUT2D eigenvalue weighted by atomic mass is 79.9. The standard InChI is InChI=1S/C15H11BrClFO3/c1-20-9-6-10(16)14(13(7-9)21-2)15(19)8-3-4-11(17)12(18)5-8/h3-7H,1-2H3. The minimum atomic E-state index is -0.647. The lowest BCUT2D eigenvalue weighted by molar-refractivity contribution is 0.103. The number of ketones is 1. The summed E-state index contributed by atoms with van der Waals surface area (Å²) >= 11 is 8.93. The molecule has 0 bridgehead atoms. The molecule has 0 amide bonds. The van der Waals surface area contributed by atoms with Crippen molar-refractivity contribution in [1.29, 1.82) is 0 Å². The van der Waals surface area contributed by atoms with E-state index >= 15 is 0 Å². The summed E-state index contributed by atoms with van der Waals surface area (Å²) in [6, 6.07) is 7.13. The molecule has 2 aromatic rings. The van der Waals surface area contributed by atoms with E-state index in [0.717, 1.165) is 6.07 Å². The summed E-state index contributed by atoms with van der Waals surface area (Å²) in [5.41, 5.74) is 0.473. The van der Waals surface area contributed by atoms with Crippen LogP contribution in [0.5, 0.6) is 11.5 Å². The molecule has 0 spiro atoms. The number of hydrogen-bond donors (Lipinski definition) is 0. The van der Waals surface area contributed by atoms with Crippen LogP contribution in [0, 0.1) is 5.82 Å². The second kappa shape index (κ2) is 6.45. The van der Waals surface area contributed by atoms with Crippen molar-refractivity contribution in [2.45, 2.75) is 0 Å². The summed E-state index contributed by atoms with van der Waals surface area (Å²) in [6.45, 7) is 0. The van der Waals surface area contributed by atoms with Gasteiger partial charge in [0, 0.05) is 16.1 Å². The van der Waals surface area contributed by atoms with Crippen LogP contribution < -0.4 is 9.47 Å². The highest BCUT2D eigenvalue weighted by molar-refractivity contribution is 9.10. The van der Waals surface area contributed by atoms with E-state index in [9.17, 15) is 9.18 Å². The van der Waals surface area contributed by atoms with Crippen molar-refractivity contribution in [3.63, 3.8) is 0 Å². The van der Waals surface area contributed by atoms with Crippen LogP contribution in [0.15, 0.2) is 34.8 Å². The molecule has 6 heteroatoms.